The Morgan fingerprint density at radius 1 is 1.42 bits per heavy atom. The van der Waals surface area contributed by atoms with E-state index in [-0.39, 0.29) is 12.0 Å². The van der Waals surface area contributed by atoms with E-state index in [0.29, 0.717) is 13.0 Å². The SMILES string of the molecule is COC(CNC(=O)Cc1ccsc1)c1ccc(C)s1. The van der Waals surface area contributed by atoms with Crippen molar-refractivity contribution in [3.05, 3.63) is 44.3 Å². The Morgan fingerprint density at radius 2 is 2.26 bits per heavy atom. The van der Waals surface area contributed by atoms with Gasteiger partial charge in [-0.25, -0.2) is 0 Å². The Labute approximate surface area is 121 Å². The predicted molar refractivity (Wildman–Crippen MR) is 79.8 cm³/mol. The number of carbonyl (C=O) groups is 1. The van der Waals surface area contributed by atoms with Crippen LogP contribution < -0.4 is 5.32 Å². The molecule has 5 heteroatoms. The van der Waals surface area contributed by atoms with Gasteiger partial charge in [0.25, 0.3) is 0 Å². The fraction of sp³-hybridized carbons (Fsp3) is 0.357. The van der Waals surface area contributed by atoms with Crippen molar-refractivity contribution in [2.45, 2.75) is 19.4 Å². The van der Waals surface area contributed by atoms with E-state index in [0.717, 1.165) is 10.4 Å². The summed E-state index contributed by atoms with van der Waals surface area (Å²) in [6, 6.07) is 6.10. The van der Waals surface area contributed by atoms with Gasteiger partial charge in [-0.15, -0.1) is 11.3 Å². The highest BCUT2D eigenvalue weighted by Gasteiger charge is 2.14. The first-order valence-corrected chi connectivity index (χ1v) is 7.82. The standard InChI is InChI=1S/C14H17NO2S2/c1-10-3-4-13(19-10)12(17-2)8-15-14(16)7-11-5-6-18-9-11/h3-6,9,12H,7-8H2,1-2H3,(H,15,16). The zero-order chi connectivity index (χ0) is 13.7. The molecule has 0 fully saturated rings. The quantitative estimate of drug-likeness (QED) is 0.889. The summed E-state index contributed by atoms with van der Waals surface area (Å²) in [5.41, 5.74) is 1.06. The third-order valence-corrected chi connectivity index (χ3v) is 4.62. The van der Waals surface area contributed by atoms with Crippen molar-refractivity contribution in [2.75, 3.05) is 13.7 Å². The Kier molecular flexibility index (Phi) is 5.13. The van der Waals surface area contributed by atoms with Crippen LogP contribution in [0, 0.1) is 6.92 Å². The number of hydrogen-bond acceptors (Lipinski definition) is 4. The van der Waals surface area contributed by atoms with Crippen molar-refractivity contribution >= 4 is 28.6 Å². The van der Waals surface area contributed by atoms with Crippen molar-refractivity contribution in [3.63, 3.8) is 0 Å². The number of ether oxygens (including phenoxy) is 1. The van der Waals surface area contributed by atoms with E-state index in [9.17, 15) is 4.79 Å². The van der Waals surface area contributed by atoms with Crippen LogP contribution in [0.2, 0.25) is 0 Å². The van der Waals surface area contributed by atoms with Gasteiger partial charge in [-0.3, -0.25) is 4.79 Å². The van der Waals surface area contributed by atoms with Gasteiger partial charge in [-0.1, -0.05) is 0 Å². The number of hydrogen-bond donors (Lipinski definition) is 1. The zero-order valence-corrected chi connectivity index (χ0v) is 12.6. The van der Waals surface area contributed by atoms with E-state index < -0.39 is 0 Å². The topological polar surface area (TPSA) is 38.3 Å². The van der Waals surface area contributed by atoms with Crippen LogP contribution in [0.5, 0.6) is 0 Å². The molecule has 0 saturated carbocycles. The second-order valence-corrected chi connectivity index (χ2v) is 6.38. The number of rotatable bonds is 6. The molecule has 19 heavy (non-hydrogen) atoms. The Balaban J connectivity index is 1.84. The minimum atomic E-state index is -0.0647. The predicted octanol–water partition coefficient (Wildman–Crippen LogP) is 3.16. The summed E-state index contributed by atoms with van der Waals surface area (Å²) >= 11 is 3.31. The molecule has 1 atom stereocenters. The molecule has 0 spiro atoms. The molecule has 1 amide bonds. The lowest BCUT2D eigenvalue weighted by Crippen LogP contribution is -2.30. The summed E-state index contributed by atoms with van der Waals surface area (Å²) in [4.78, 5) is 14.2. The van der Waals surface area contributed by atoms with Gasteiger partial charge in [0.05, 0.1) is 6.42 Å². The lowest BCUT2D eigenvalue weighted by atomic mass is 10.2. The number of nitrogens with one attached hydrogen (secondary N) is 1. The second kappa shape index (κ2) is 6.84. The van der Waals surface area contributed by atoms with Crippen LogP contribution in [0.15, 0.2) is 29.0 Å². The number of carbonyl (C=O) groups excluding carboxylic acids is 1. The molecular formula is C14H17NO2S2. The Morgan fingerprint density at radius 3 is 2.84 bits per heavy atom. The van der Waals surface area contributed by atoms with Gasteiger partial charge in [-0.2, -0.15) is 11.3 Å². The molecule has 0 bridgehead atoms. The zero-order valence-electron chi connectivity index (χ0n) is 11.0. The molecule has 0 aliphatic heterocycles. The molecule has 3 nitrogen and oxygen atoms in total. The molecule has 0 aliphatic carbocycles. The maximum absolute atomic E-state index is 11.8. The maximum atomic E-state index is 11.8. The van der Waals surface area contributed by atoms with Crippen LogP contribution in [0.4, 0.5) is 0 Å². The maximum Gasteiger partial charge on any atom is 0.224 e. The van der Waals surface area contributed by atoms with Crippen LogP contribution in [-0.4, -0.2) is 19.6 Å². The minimum Gasteiger partial charge on any atom is -0.374 e. The van der Waals surface area contributed by atoms with E-state index in [1.807, 2.05) is 16.8 Å². The van der Waals surface area contributed by atoms with E-state index in [1.165, 1.54) is 4.88 Å². The Hall–Kier alpha value is -1.17. The average Bonchev–Trinajstić information content (AvgIpc) is 3.02. The van der Waals surface area contributed by atoms with Crippen LogP contribution >= 0.6 is 22.7 Å². The first kappa shape index (κ1) is 14.2. The normalized spacial score (nSPS) is 12.3. The molecule has 0 aromatic carbocycles. The second-order valence-electron chi connectivity index (χ2n) is 4.29. The summed E-state index contributed by atoms with van der Waals surface area (Å²) in [6.45, 7) is 2.58. The molecule has 1 unspecified atom stereocenters. The van der Waals surface area contributed by atoms with Crippen molar-refractivity contribution in [1.82, 2.24) is 5.32 Å². The molecular weight excluding hydrogens is 278 g/mol. The van der Waals surface area contributed by atoms with Crippen molar-refractivity contribution in [3.8, 4) is 0 Å². The van der Waals surface area contributed by atoms with E-state index in [1.54, 1.807) is 29.8 Å². The molecule has 1 N–H and O–H groups in total. The van der Waals surface area contributed by atoms with Gasteiger partial charge >= 0.3 is 0 Å². The fourth-order valence-electron chi connectivity index (χ4n) is 1.77. The van der Waals surface area contributed by atoms with Gasteiger partial charge in [0.1, 0.15) is 6.10 Å². The first-order valence-electron chi connectivity index (χ1n) is 6.06. The largest absolute Gasteiger partial charge is 0.374 e. The first-order chi connectivity index (χ1) is 9.19. The Bertz CT molecular complexity index is 519. The number of thiophene rings is 2. The van der Waals surface area contributed by atoms with Gasteiger partial charge in [0, 0.05) is 23.4 Å². The van der Waals surface area contributed by atoms with Gasteiger partial charge in [0.2, 0.25) is 5.91 Å². The van der Waals surface area contributed by atoms with Crippen molar-refractivity contribution in [1.29, 1.82) is 0 Å². The van der Waals surface area contributed by atoms with Crippen LogP contribution in [0.1, 0.15) is 21.4 Å². The number of amides is 1. The molecule has 0 aliphatic rings. The van der Waals surface area contributed by atoms with Crippen LogP contribution in [0.25, 0.3) is 0 Å². The molecule has 2 aromatic heterocycles. The lowest BCUT2D eigenvalue weighted by Gasteiger charge is -2.14. The number of methoxy groups -OCH3 is 1. The summed E-state index contributed by atoms with van der Waals surface area (Å²) in [7, 11) is 1.67. The highest BCUT2D eigenvalue weighted by molar-refractivity contribution is 7.12. The molecule has 102 valence electrons. The highest BCUT2D eigenvalue weighted by atomic mass is 32.1. The van der Waals surface area contributed by atoms with E-state index in [2.05, 4.69) is 24.4 Å². The minimum absolute atomic E-state index is 0.0359. The summed E-state index contributed by atoms with van der Waals surface area (Å²) < 4.78 is 5.43. The number of aryl methyl sites for hydroxylation is 1. The third-order valence-electron chi connectivity index (χ3n) is 2.79. The molecule has 2 aromatic rings. The summed E-state index contributed by atoms with van der Waals surface area (Å²) in [6.07, 6.45) is 0.369. The summed E-state index contributed by atoms with van der Waals surface area (Å²) in [5, 5.41) is 6.90. The molecule has 0 saturated heterocycles. The molecule has 0 radical (unpaired) electrons. The molecule has 2 heterocycles. The van der Waals surface area contributed by atoms with Gasteiger partial charge in [-0.05, 0) is 41.4 Å². The van der Waals surface area contributed by atoms with E-state index in [4.69, 9.17) is 4.74 Å². The lowest BCUT2D eigenvalue weighted by molar-refractivity contribution is -0.121. The smallest absolute Gasteiger partial charge is 0.224 e. The van der Waals surface area contributed by atoms with Crippen molar-refractivity contribution in [2.24, 2.45) is 0 Å². The third kappa shape index (κ3) is 4.16. The van der Waals surface area contributed by atoms with Gasteiger partial charge < -0.3 is 10.1 Å². The van der Waals surface area contributed by atoms with Crippen molar-refractivity contribution < 1.29 is 9.53 Å². The van der Waals surface area contributed by atoms with Gasteiger partial charge in [0.15, 0.2) is 0 Å². The molecule has 2 rings (SSSR count). The highest BCUT2D eigenvalue weighted by Crippen LogP contribution is 2.24. The monoisotopic (exact) mass is 295 g/mol. The van der Waals surface area contributed by atoms with Crippen LogP contribution in [0.3, 0.4) is 0 Å². The fourth-order valence-corrected chi connectivity index (χ4v) is 3.40. The van der Waals surface area contributed by atoms with E-state index >= 15 is 0 Å². The van der Waals surface area contributed by atoms with Crippen LogP contribution in [-0.2, 0) is 16.0 Å². The average molecular weight is 295 g/mol. The summed E-state index contributed by atoms with van der Waals surface area (Å²) in [5.74, 6) is 0.0359.